The summed E-state index contributed by atoms with van der Waals surface area (Å²) < 4.78 is 0.820. The lowest BCUT2D eigenvalue weighted by Gasteiger charge is -2.19. The maximum Gasteiger partial charge on any atom is 0.238 e. The Morgan fingerprint density at radius 1 is 1.00 bits per heavy atom. The highest BCUT2D eigenvalue weighted by Crippen LogP contribution is 2.20. The van der Waals surface area contributed by atoms with Gasteiger partial charge in [0.1, 0.15) is 0 Å². The molecule has 2 N–H and O–H groups in total. The van der Waals surface area contributed by atoms with Gasteiger partial charge in [0.25, 0.3) is 0 Å². The topological polar surface area (TPSA) is 61.4 Å². The molecular weight excluding hydrogens is 382 g/mol. The predicted molar refractivity (Wildman–Crippen MR) is 103 cm³/mol. The lowest BCUT2D eigenvalue weighted by molar-refractivity contribution is -0.123. The molecule has 0 bridgehead atoms. The van der Waals surface area contributed by atoms with Crippen molar-refractivity contribution in [3.63, 3.8) is 0 Å². The molecule has 0 fully saturated rings. The Morgan fingerprint density at radius 2 is 1.60 bits per heavy atom. The molecule has 0 aromatic heterocycles. The van der Waals surface area contributed by atoms with Crippen LogP contribution in [0.25, 0.3) is 0 Å². The zero-order valence-corrected chi connectivity index (χ0v) is 15.9. The Kier molecular flexibility index (Phi) is 7.16. The smallest absolute Gasteiger partial charge is 0.238 e. The molecule has 5 nitrogen and oxygen atoms in total. The third-order valence-corrected chi connectivity index (χ3v) is 4.34. The second-order valence-corrected chi connectivity index (χ2v) is 6.75. The van der Waals surface area contributed by atoms with Crippen LogP contribution in [-0.4, -0.2) is 36.9 Å². The molecule has 132 valence electrons. The SMILES string of the molecule is C[C@H](NC(=O)CN(C)CC(=O)Nc1ccccc1Br)c1ccccc1. The van der Waals surface area contributed by atoms with Crippen molar-refractivity contribution in [2.24, 2.45) is 0 Å². The fraction of sp³-hybridized carbons (Fsp3) is 0.263. The van der Waals surface area contributed by atoms with Crippen molar-refractivity contribution in [2.45, 2.75) is 13.0 Å². The van der Waals surface area contributed by atoms with Crippen LogP contribution < -0.4 is 10.6 Å². The van der Waals surface area contributed by atoms with E-state index in [-0.39, 0.29) is 30.9 Å². The summed E-state index contributed by atoms with van der Waals surface area (Å²) in [6, 6.07) is 17.1. The van der Waals surface area contributed by atoms with E-state index < -0.39 is 0 Å². The molecule has 0 aliphatic heterocycles. The molecule has 0 aliphatic rings. The molecule has 0 radical (unpaired) electrons. The van der Waals surface area contributed by atoms with Gasteiger partial charge < -0.3 is 10.6 Å². The predicted octanol–water partition coefficient (Wildman–Crippen LogP) is 3.20. The maximum absolute atomic E-state index is 12.1. The molecule has 6 heteroatoms. The van der Waals surface area contributed by atoms with Crippen LogP contribution in [0.2, 0.25) is 0 Å². The Hall–Kier alpha value is -2.18. The molecule has 1 atom stereocenters. The molecule has 0 heterocycles. The number of nitrogens with one attached hydrogen (secondary N) is 2. The number of benzene rings is 2. The number of halogens is 1. The Labute approximate surface area is 156 Å². The summed E-state index contributed by atoms with van der Waals surface area (Å²) in [5.41, 5.74) is 1.76. The first kappa shape index (κ1) is 19.1. The number of likely N-dealkylation sites (N-methyl/N-ethyl adjacent to an activating group) is 1. The molecule has 0 aliphatic carbocycles. The Morgan fingerprint density at radius 3 is 2.28 bits per heavy atom. The summed E-state index contributed by atoms with van der Waals surface area (Å²) in [4.78, 5) is 25.9. The molecule has 0 unspecified atom stereocenters. The Bertz CT molecular complexity index is 722. The van der Waals surface area contributed by atoms with Crippen molar-refractivity contribution in [1.29, 1.82) is 0 Å². The Balaban J connectivity index is 1.79. The van der Waals surface area contributed by atoms with Crippen molar-refractivity contribution >= 4 is 33.4 Å². The standard InChI is InChI=1S/C19H22BrN3O2/c1-14(15-8-4-3-5-9-15)21-18(24)12-23(2)13-19(25)22-17-11-7-6-10-16(17)20/h3-11,14H,12-13H2,1-2H3,(H,21,24)(H,22,25)/t14-/m0/s1. The number of para-hydroxylation sites is 1. The van der Waals surface area contributed by atoms with Crippen LogP contribution in [0.4, 0.5) is 5.69 Å². The van der Waals surface area contributed by atoms with Crippen LogP contribution in [0.5, 0.6) is 0 Å². The van der Waals surface area contributed by atoms with Crippen molar-refractivity contribution in [3.05, 3.63) is 64.6 Å². The molecule has 25 heavy (non-hydrogen) atoms. The monoisotopic (exact) mass is 403 g/mol. The van der Waals surface area contributed by atoms with Crippen LogP contribution in [0, 0.1) is 0 Å². The minimum absolute atomic E-state index is 0.0730. The van der Waals surface area contributed by atoms with Gasteiger partial charge in [0, 0.05) is 4.47 Å². The molecule has 2 rings (SSSR count). The summed E-state index contributed by atoms with van der Waals surface area (Å²) in [7, 11) is 1.74. The number of carbonyl (C=O) groups excluding carboxylic acids is 2. The summed E-state index contributed by atoms with van der Waals surface area (Å²) in [5.74, 6) is -0.286. The van der Waals surface area contributed by atoms with Gasteiger partial charge >= 0.3 is 0 Å². The van der Waals surface area contributed by atoms with Crippen molar-refractivity contribution in [2.75, 3.05) is 25.5 Å². The van der Waals surface area contributed by atoms with E-state index in [2.05, 4.69) is 26.6 Å². The zero-order valence-electron chi connectivity index (χ0n) is 14.3. The molecule has 2 aromatic rings. The van der Waals surface area contributed by atoms with Gasteiger partial charge in [0.2, 0.25) is 11.8 Å². The second-order valence-electron chi connectivity index (χ2n) is 5.90. The van der Waals surface area contributed by atoms with Gasteiger partial charge in [-0.2, -0.15) is 0 Å². The van der Waals surface area contributed by atoms with E-state index in [1.165, 1.54) is 0 Å². The largest absolute Gasteiger partial charge is 0.348 e. The third kappa shape index (κ3) is 6.32. The molecule has 0 saturated carbocycles. The lowest BCUT2D eigenvalue weighted by atomic mass is 10.1. The molecule has 2 amide bonds. The van der Waals surface area contributed by atoms with Crippen molar-refractivity contribution < 1.29 is 9.59 Å². The van der Waals surface area contributed by atoms with Gasteiger partial charge in [-0.1, -0.05) is 42.5 Å². The van der Waals surface area contributed by atoms with E-state index in [0.717, 1.165) is 10.0 Å². The average molecular weight is 404 g/mol. The zero-order chi connectivity index (χ0) is 18.2. The quantitative estimate of drug-likeness (QED) is 0.745. The summed E-state index contributed by atoms with van der Waals surface area (Å²) in [6.45, 7) is 2.22. The second kappa shape index (κ2) is 9.34. The fourth-order valence-corrected chi connectivity index (χ4v) is 2.79. The number of amides is 2. The van der Waals surface area contributed by atoms with Gasteiger partial charge in [-0.15, -0.1) is 0 Å². The minimum atomic E-state index is -0.168. The first-order valence-corrected chi connectivity index (χ1v) is 8.82. The fourth-order valence-electron chi connectivity index (χ4n) is 2.41. The highest BCUT2D eigenvalue weighted by molar-refractivity contribution is 9.10. The minimum Gasteiger partial charge on any atom is -0.348 e. The van der Waals surface area contributed by atoms with E-state index in [1.54, 1.807) is 11.9 Å². The van der Waals surface area contributed by atoms with Crippen molar-refractivity contribution in [1.82, 2.24) is 10.2 Å². The number of hydrogen-bond donors (Lipinski definition) is 2. The van der Waals surface area contributed by atoms with Crippen LogP contribution in [0.3, 0.4) is 0 Å². The van der Waals surface area contributed by atoms with Crippen LogP contribution >= 0.6 is 15.9 Å². The van der Waals surface area contributed by atoms with E-state index in [9.17, 15) is 9.59 Å². The lowest BCUT2D eigenvalue weighted by Crippen LogP contribution is -2.39. The number of anilines is 1. The van der Waals surface area contributed by atoms with Gasteiger partial charge in [0.05, 0.1) is 24.8 Å². The number of rotatable bonds is 7. The third-order valence-electron chi connectivity index (χ3n) is 3.65. The number of hydrogen-bond acceptors (Lipinski definition) is 3. The van der Waals surface area contributed by atoms with Gasteiger partial charge in [-0.3, -0.25) is 14.5 Å². The first-order chi connectivity index (χ1) is 12.0. The van der Waals surface area contributed by atoms with E-state index in [4.69, 9.17) is 0 Å². The number of nitrogens with zero attached hydrogens (tertiary/aromatic N) is 1. The normalized spacial score (nSPS) is 11.8. The molecular formula is C19H22BrN3O2. The average Bonchev–Trinajstić information content (AvgIpc) is 2.57. The number of carbonyl (C=O) groups is 2. The molecule has 2 aromatic carbocycles. The van der Waals surface area contributed by atoms with E-state index in [0.29, 0.717) is 5.69 Å². The summed E-state index contributed by atoms with van der Waals surface area (Å²) in [5, 5.41) is 5.76. The van der Waals surface area contributed by atoms with Crippen LogP contribution in [0.15, 0.2) is 59.1 Å². The highest BCUT2D eigenvalue weighted by Gasteiger charge is 2.14. The molecule has 0 spiro atoms. The summed E-state index contributed by atoms with van der Waals surface area (Å²) >= 11 is 3.39. The van der Waals surface area contributed by atoms with Crippen LogP contribution in [0.1, 0.15) is 18.5 Å². The molecule has 0 saturated heterocycles. The van der Waals surface area contributed by atoms with E-state index in [1.807, 2.05) is 61.5 Å². The first-order valence-electron chi connectivity index (χ1n) is 8.03. The maximum atomic E-state index is 12.1. The summed E-state index contributed by atoms with van der Waals surface area (Å²) in [6.07, 6.45) is 0. The van der Waals surface area contributed by atoms with Crippen LogP contribution in [-0.2, 0) is 9.59 Å². The highest BCUT2D eigenvalue weighted by atomic mass is 79.9. The van der Waals surface area contributed by atoms with Gasteiger partial charge in [0.15, 0.2) is 0 Å². The van der Waals surface area contributed by atoms with Crippen molar-refractivity contribution in [3.8, 4) is 0 Å². The van der Waals surface area contributed by atoms with E-state index >= 15 is 0 Å². The van der Waals surface area contributed by atoms with Gasteiger partial charge in [-0.05, 0) is 47.6 Å². The van der Waals surface area contributed by atoms with Gasteiger partial charge in [-0.25, -0.2) is 0 Å².